The van der Waals surface area contributed by atoms with Gasteiger partial charge in [0, 0.05) is 11.0 Å². The van der Waals surface area contributed by atoms with Gasteiger partial charge < -0.3 is 10.2 Å². The van der Waals surface area contributed by atoms with Crippen LogP contribution in [0.2, 0.25) is 0 Å². The van der Waals surface area contributed by atoms with Gasteiger partial charge in [-0.3, -0.25) is 0 Å². The van der Waals surface area contributed by atoms with Crippen molar-refractivity contribution in [3.05, 3.63) is 0 Å². The third-order valence-electron chi connectivity index (χ3n) is 0. The lowest BCUT2D eigenvalue weighted by Gasteiger charge is -1.52. The highest BCUT2D eigenvalue weighted by molar-refractivity contribution is 6.19. The Labute approximate surface area is 32.1 Å². The fraction of sp³-hybridized carbons (Fsp3) is 0. The van der Waals surface area contributed by atoms with E-state index in [0.29, 0.717) is 0 Å². The summed E-state index contributed by atoms with van der Waals surface area (Å²) in [5.74, 6) is 0. The first kappa shape index (κ1) is 8.84. The summed E-state index contributed by atoms with van der Waals surface area (Å²) >= 11 is 0. The van der Waals surface area contributed by atoms with Crippen LogP contribution in [0.25, 0.3) is 0 Å². The Hall–Kier alpha value is 0.354. The Morgan fingerprint density at radius 2 is 1.75 bits per heavy atom. The van der Waals surface area contributed by atoms with Crippen LogP contribution in [0.15, 0.2) is 0 Å². The highest BCUT2D eigenvalue weighted by atomic mass is 28.2. The molecule has 0 aliphatic heterocycles. The molecule has 4 heavy (non-hydrogen) atoms. The minimum atomic E-state index is -1.08. The van der Waals surface area contributed by atoms with Gasteiger partial charge in [-0.05, 0) is 0 Å². The Balaban J connectivity index is 0. The van der Waals surface area contributed by atoms with Crippen LogP contribution in [-0.4, -0.2) is 25.7 Å². The first-order valence-corrected chi connectivity index (χ1v) is 2.17. The summed E-state index contributed by atoms with van der Waals surface area (Å²) < 4.78 is 0. The Morgan fingerprint density at radius 1 is 1.75 bits per heavy atom. The smallest absolute Gasteiger partial charge is 0.229 e. The molecule has 0 aromatic rings. The monoisotopic (exact) mass is 91.0 g/mol. The number of hydrogen-bond donors (Lipinski definition) is 2. The summed E-state index contributed by atoms with van der Waals surface area (Å²) in [5, 5.41) is 4.54. The van der Waals surface area contributed by atoms with E-state index in [1.54, 1.807) is 0 Å². The van der Waals surface area contributed by atoms with Gasteiger partial charge in [-0.25, -0.2) is 0 Å². The number of nitrogens with two attached hydrogens (primary N) is 1. The van der Waals surface area contributed by atoms with Gasteiger partial charge in [0.2, 0.25) is 9.92 Å². The van der Waals surface area contributed by atoms with Crippen LogP contribution < -0.4 is 5.40 Å². The Kier molecular flexibility index (Phi) is 22.4. The van der Waals surface area contributed by atoms with Gasteiger partial charge in [0.05, 0.1) is 0 Å². The normalized spacial score (nSPS) is 7.50. The van der Waals surface area contributed by atoms with E-state index in [-0.39, 0.29) is 11.0 Å². The molecule has 0 unspecified atom stereocenters. The van der Waals surface area contributed by atoms with Crippen molar-refractivity contribution in [2.24, 2.45) is 5.40 Å². The minimum Gasteiger partial charge on any atom is -0.424 e. The van der Waals surface area contributed by atoms with E-state index in [4.69, 9.17) is 4.80 Å². The SMILES string of the molecule is N[SiH2]O.[Si]. The molecule has 0 saturated carbocycles. The molecule has 4 heteroatoms. The maximum atomic E-state index is 7.49. The number of rotatable bonds is 0. The van der Waals surface area contributed by atoms with Gasteiger partial charge >= 0.3 is 0 Å². The average molecular weight is 91.2 g/mol. The first-order chi connectivity index (χ1) is 1.41. The molecular formula is H5NOSi2. The molecule has 4 radical (unpaired) electrons. The topological polar surface area (TPSA) is 46.2 Å². The van der Waals surface area contributed by atoms with Crippen LogP contribution in [-0.2, 0) is 0 Å². The van der Waals surface area contributed by atoms with E-state index in [1.807, 2.05) is 0 Å². The lowest BCUT2D eigenvalue weighted by atomic mass is 13.9. The summed E-state index contributed by atoms with van der Waals surface area (Å²) in [5.41, 5.74) is 0. The van der Waals surface area contributed by atoms with Crippen LogP contribution in [0.1, 0.15) is 0 Å². The molecular weight excluding hydrogens is 86.2 g/mol. The van der Waals surface area contributed by atoms with Crippen molar-refractivity contribution in [3.63, 3.8) is 0 Å². The maximum absolute atomic E-state index is 7.49. The molecule has 3 N–H and O–H groups in total. The van der Waals surface area contributed by atoms with Crippen molar-refractivity contribution in [1.82, 2.24) is 0 Å². The third-order valence-corrected chi connectivity index (χ3v) is 0. The Bertz CT molecular complexity index is 6.00. The van der Waals surface area contributed by atoms with E-state index in [2.05, 4.69) is 5.40 Å². The van der Waals surface area contributed by atoms with E-state index < -0.39 is 9.92 Å². The van der Waals surface area contributed by atoms with Gasteiger partial charge in [-0.2, -0.15) is 0 Å². The maximum Gasteiger partial charge on any atom is 0.229 e. The quantitative estimate of drug-likeness (QED) is 0.325. The summed E-state index contributed by atoms with van der Waals surface area (Å²) in [7, 11) is -1.08. The van der Waals surface area contributed by atoms with E-state index in [1.165, 1.54) is 0 Å². The lowest BCUT2D eigenvalue weighted by molar-refractivity contribution is 0.604. The zero-order chi connectivity index (χ0) is 2.71. The average Bonchev–Trinajstić information content (AvgIpc) is 0.918. The van der Waals surface area contributed by atoms with E-state index in [0.717, 1.165) is 0 Å². The molecule has 0 heterocycles. The lowest BCUT2D eigenvalue weighted by Crippen LogP contribution is -1.99. The zero-order valence-electron chi connectivity index (χ0n) is 2.23. The van der Waals surface area contributed by atoms with Crippen molar-refractivity contribution in [1.29, 1.82) is 0 Å². The fourth-order valence-corrected chi connectivity index (χ4v) is 0. The van der Waals surface area contributed by atoms with Gasteiger partial charge in [0.15, 0.2) is 0 Å². The van der Waals surface area contributed by atoms with Gasteiger partial charge in [-0.1, -0.05) is 0 Å². The molecule has 2 nitrogen and oxygen atoms in total. The molecule has 24 valence electrons. The largest absolute Gasteiger partial charge is 0.424 e. The molecule has 0 aliphatic rings. The first-order valence-electron chi connectivity index (χ1n) is 0.724. The van der Waals surface area contributed by atoms with Gasteiger partial charge in [0.25, 0.3) is 0 Å². The Morgan fingerprint density at radius 3 is 1.75 bits per heavy atom. The molecule has 0 rings (SSSR count). The second-order valence-corrected chi connectivity index (χ2v) is 0.548. The standard InChI is InChI=1S/H5NOSi.Si/c1-3-2;/h2H,1,3H2;. The van der Waals surface area contributed by atoms with Crippen molar-refractivity contribution < 1.29 is 4.80 Å². The molecule has 0 amide bonds. The molecule has 0 saturated heterocycles. The molecule has 0 fully saturated rings. The zero-order valence-corrected chi connectivity index (χ0v) is 4.65. The highest BCUT2D eigenvalue weighted by Crippen LogP contribution is 0.942. The van der Waals surface area contributed by atoms with Gasteiger partial charge in [-0.15, -0.1) is 0 Å². The van der Waals surface area contributed by atoms with Gasteiger partial charge in [0.1, 0.15) is 0 Å². The summed E-state index contributed by atoms with van der Waals surface area (Å²) in [6, 6.07) is 0. The molecule has 0 aromatic heterocycles. The molecule has 0 spiro atoms. The predicted octanol–water partition coefficient (Wildman–Crippen LogP) is -2.44. The van der Waals surface area contributed by atoms with Crippen LogP contribution in [0.5, 0.6) is 0 Å². The molecule has 0 atom stereocenters. The fourth-order valence-electron chi connectivity index (χ4n) is 0. The van der Waals surface area contributed by atoms with Crippen molar-refractivity contribution in [2.75, 3.05) is 0 Å². The van der Waals surface area contributed by atoms with Crippen LogP contribution in [0.3, 0.4) is 0 Å². The summed E-state index contributed by atoms with van der Waals surface area (Å²) in [6.45, 7) is 0. The van der Waals surface area contributed by atoms with Crippen molar-refractivity contribution in [2.45, 2.75) is 0 Å². The molecule has 0 aliphatic carbocycles. The van der Waals surface area contributed by atoms with Crippen LogP contribution in [0.4, 0.5) is 0 Å². The summed E-state index contributed by atoms with van der Waals surface area (Å²) in [4.78, 5) is 7.49. The van der Waals surface area contributed by atoms with Crippen molar-refractivity contribution >= 4 is 20.9 Å². The minimum absolute atomic E-state index is 0. The molecule has 0 bridgehead atoms. The second-order valence-electron chi connectivity index (χ2n) is 0.183. The van der Waals surface area contributed by atoms with E-state index in [9.17, 15) is 0 Å². The highest BCUT2D eigenvalue weighted by Gasteiger charge is 1.37. The second kappa shape index (κ2) is 10.1. The van der Waals surface area contributed by atoms with Crippen molar-refractivity contribution in [3.8, 4) is 0 Å². The number of hydrogen-bond acceptors (Lipinski definition) is 2. The van der Waals surface area contributed by atoms with E-state index >= 15 is 0 Å². The van der Waals surface area contributed by atoms with Crippen LogP contribution >= 0.6 is 0 Å². The van der Waals surface area contributed by atoms with Crippen LogP contribution in [0, 0.1) is 0 Å². The summed E-state index contributed by atoms with van der Waals surface area (Å²) in [6.07, 6.45) is 0. The predicted molar refractivity (Wildman–Crippen MR) is 20.7 cm³/mol. The third kappa shape index (κ3) is 34.5. The molecule has 0 aromatic carbocycles.